The van der Waals surface area contributed by atoms with Crippen LogP contribution >= 0.6 is 11.6 Å². The quantitative estimate of drug-likeness (QED) is 0.581. The van der Waals surface area contributed by atoms with E-state index >= 15 is 0 Å². The number of aromatic nitrogens is 1. The van der Waals surface area contributed by atoms with Crippen molar-refractivity contribution in [2.75, 3.05) is 49.5 Å². The molecule has 2 heterocycles. The highest BCUT2D eigenvalue weighted by Gasteiger charge is 2.37. The zero-order chi connectivity index (χ0) is 25.9. The van der Waals surface area contributed by atoms with Crippen molar-refractivity contribution in [1.82, 2.24) is 4.98 Å². The van der Waals surface area contributed by atoms with Gasteiger partial charge in [-0.1, -0.05) is 17.7 Å². The van der Waals surface area contributed by atoms with Crippen molar-refractivity contribution in [2.24, 2.45) is 0 Å². The van der Waals surface area contributed by atoms with Gasteiger partial charge in [-0.3, -0.25) is 4.79 Å². The van der Waals surface area contributed by atoms with Crippen LogP contribution in [0.15, 0.2) is 24.3 Å². The highest BCUT2D eigenvalue weighted by atomic mass is 35.5. The van der Waals surface area contributed by atoms with Gasteiger partial charge in [0.05, 0.1) is 28.5 Å². The normalized spacial score (nSPS) is 16.6. The highest BCUT2D eigenvalue weighted by molar-refractivity contribution is 6.34. The molecule has 1 aromatic heterocycles. The van der Waals surface area contributed by atoms with Gasteiger partial charge < -0.3 is 24.6 Å². The summed E-state index contributed by atoms with van der Waals surface area (Å²) in [6.07, 6.45) is -5.17. The number of nitriles is 1. The average molecular weight is 512 g/mol. The third-order valence-corrected chi connectivity index (χ3v) is 6.04. The maximum absolute atomic E-state index is 13.5. The van der Waals surface area contributed by atoms with Crippen LogP contribution in [0.4, 0.5) is 30.4 Å². The Morgan fingerprint density at radius 3 is 2.63 bits per heavy atom. The molecule has 0 bridgehead atoms. The number of rotatable bonds is 6. The highest BCUT2D eigenvalue weighted by Crippen LogP contribution is 2.39. The summed E-state index contributed by atoms with van der Waals surface area (Å²) in [6, 6.07) is 6.54. The standard InChI is InChI=1S/C23H25ClF3N5O3/c1-13-10-15(23(25,26)27)14(11-28)21(29-13)30-17-8-9-32(12-19(34-3)35-4)20-16(24)6-5-7-18(20)31(2)22(17)33/h5-7,10,17,19H,8-9,12H2,1-4H3,(H,29,30). The first-order chi connectivity index (χ1) is 16.5. The first kappa shape index (κ1) is 26.5. The molecule has 1 amide bonds. The monoisotopic (exact) mass is 511 g/mol. The van der Waals surface area contributed by atoms with Crippen LogP contribution in [-0.2, 0) is 20.4 Å². The lowest BCUT2D eigenvalue weighted by Gasteiger charge is -2.37. The average Bonchev–Trinajstić information content (AvgIpc) is 2.81. The molecule has 1 N–H and O–H groups in total. The van der Waals surface area contributed by atoms with Crippen LogP contribution in [0.5, 0.6) is 0 Å². The number of ether oxygens (including phenoxy) is 2. The number of anilines is 3. The van der Waals surface area contributed by atoms with Crippen molar-refractivity contribution >= 4 is 34.7 Å². The van der Waals surface area contributed by atoms with Gasteiger partial charge in [-0.15, -0.1) is 0 Å². The molecule has 2 aromatic rings. The number of aryl methyl sites for hydroxylation is 1. The number of para-hydroxylation sites is 1. The number of carbonyl (C=O) groups is 1. The lowest BCUT2D eigenvalue weighted by Crippen LogP contribution is -2.47. The Labute approximate surface area is 206 Å². The summed E-state index contributed by atoms with van der Waals surface area (Å²) >= 11 is 6.50. The Morgan fingerprint density at radius 2 is 2.03 bits per heavy atom. The summed E-state index contributed by atoms with van der Waals surface area (Å²) in [4.78, 5) is 20.8. The first-order valence-corrected chi connectivity index (χ1v) is 11.0. The van der Waals surface area contributed by atoms with E-state index in [-0.39, 0.29) is 31.0 Å². The molecule has 3 rings (SSSR count). The fraction of sp³-hybridized carbons (Fsp3) is 0.435. The van der Waals surface area contributed by atoms with Gasteiger partial charge in [-0.25, -0.2) is 4.98 Å². The van der Waals surface area contributed by atoms with E-state index in [1.165, 1.54) is 26.0 Å². The summed E-state index contributed by atoms with van der Waals surface area (Å²) in [5.41, 5.74) is -0.600. The molecule has 1 aromatic carbocycles. The summed E-state index contributed by atoms with van der Waals surface area (Å²) in [7, 11) is 4.55. The molecule has 8 nitrogen and oxygen atoms in total. The number of hydrogen-bond acceptors (Lipinski definition) is 7. The van der Waals surface area contributed by atoms with Gasteiger partial charge in [0.15, 0.2) is 6.29 Å². The molecule has 0 aliphatic carbocycles. The zero-order valence-corrected chi connectivity index (χ0v) is 20.4. The molecule has 12 heteroatoms. The van der Waals surface area contributed by atoms with E-state index in [0.29, 0.717) is 16.4 Å². The smallest absolute Gasteiger partial charge is 0.363 e. The Morgan fingerprint density at radius 1 is 1.34 bits per heavy atom. The number of nitrogens with zero attached hydrogens (tertiary/aromatic N) is 4. The minimum Gasteiger partial charge on any atom is -0.363 e. The number of fused-ring (bicyclic) bond motifs is 1. The van der Waals surface area contributed by atoms with Crippen LogP contribution in [0.3, 0.4) is 0 Å². The third-order valence-electron chi connectivity index (χ3n) is 5.73. The number of amides is 1. The summed E-state index contributed by atoms with van der Waals surface area (Å²) in [5, 5.41) is 12.7. The Hall–Kier alpha value is -3.07. The predicted molar refractivity (Wildman–Crippen MR) is 126 cm³/mol. The number of nitrogens with one attached hydrogen (secondary N) is 1. The molecule has 1 atom stereocenters. The number of pyridine rings is 1. The molecule has 35 heavy (non-hydrogen) atoms. The van der Waals surface area contributed by atoms with E-state index in [0.717, 1.165) is 6.07 Å². The number of methoxy groups -OCH3 is 2. The van der Waals surface area contributed by atoms with Crippen molar-refractivity contribution < 1.29 is 27.4 Å². The summed E-state index contributed by atoms with van der Waals surface area (Å²) < 4.78 is 51.3. The fourth-order valence-corrected chi connectivity index (χ4v) is 4.27. The van der Waals surface area contributed by atoms with E-state index in [9.17, 15) is 23.2 Å². The fourth-order valence-electron chi connectivity index (χ4n) is 3.98. The largest absolute Gasteiger partial charge is 0.417 e. The van der Waals surface area contributed by atoms with Crippen LogP contribution in [0, 0.1) is 18.3 Å². The van der Waals surface area contributed by atoms with Crippen molar-refractivity contribution in [2.45, 2.75) is 31.9 Å². The number of likely N-dealkylation sites (N-methyl/N-ethyl adjacent to an activating group) is 1. The maximum Gasteiger partial charge on any atom is 0.417 e. The summed E-state index contributed by atoms with van der Waals surface area (Å²) in [6.45, 7) is 1.96. The van der Waals surface area contributed by atoms with E-state index in [4.69, 9.17) is 21.1 Å². The van der Waals surface area contributed by atoms with Crippen molar-refractivity contribution in [1.29, 1.82) is 5.26 Å². The van der Waals surface area contributed by atoms with Crippen LogP contribution in [0.2, 0.25) is 5.02 Å². The minimum absolute atomic E-state index is 0.0623. The Kier molecular flexibility index (Phi) is 8.10. The molecule has 0 fully saturated rings. The molecular formula is C23H25ClF3N5O3. The van der Waals surface area contributed by atoms with E-state index in [1.807, 2.05) is 4.90 Å². The lowest BCUT2D eigenvalue weighted by molar-refractivity contribution is -0.137. The van der Waals surface area contributed by atoms with Gasteiger partial charge in [0, 0.05) is 33.5 Å². The first-order valence-electron chi connectivity index (χ1n) is 10.6. The predicted octanol–water partition coefficient (Wildman–Crippen LogP) is 4.21. The van der Waals surface area contributed by atoms with Gasteiger partial charge in [0.25, 0.3) is 0 Å². The minimum atomic E-state index is -4.75. The van der Waals surface area contributed by atoms with Crippen LogP contribution < -0.4 is 15.1 Å². The van der Waals surface area contributed by atoms with Gasteiger partial charge in [-0.2, -0.15) is 18.4 Å². The van der Waals surface area contributed by atoms with Gasteiger partial charge in [-0.05, 0) is 31.5 Å². The van der Waals surface area contributed by atoms with Crippen molar-refractivity contribution in [3.8, 4) is 6.07 Å². The second kappa shape index (κ2) is 10.7. The van der Waals surface area contributed by atoms with Crippen molar-refractivity contribution in [3.05, 3.63) is 46.1 Å². The van der Waals surface area contributed by atoms with Gasteiger partial charge in [0.2, 0.25) is 5.91 Å². The second-order valence-corrected chi connectivity index (χ2v) is 8.39. The molecular weight excluding hydrogens is 487 g/mol. The Bertz CT molecular complexity index is 1130. The maximum atomic E-state index is 13.5. The van der Waals surface area contributed by atoms with E-state index in [2.05, 4.69) is 10.3 Å². The molecule has 188 valence electrons. The number of halogens is 4. The number of alkyl halides is 3. The number of benzene rings is 1. The van der Waals surface area contributed by atoms with Crippen LogP contribution in [0.25, 0.3) is 0 Å². The van der Waals surface area contributed by atoms with E-state index in [1.54, 1.807) is 31.3 Å². The lowest BCUT2D eigenvalue weighted by atomic mass is 10.0. The molecule has 0 saturated carbocycles. The summed E-state index contributed by atoms with van der Waals surface area (Å²) in [5.74, 6) is -0.708. The zero-order valence-electron chi connectivity index (χ0n) is 19.6. The van der Waals surface area contributed by atoms with Gasteiger partial charge >= 0.3 is 6.18 Å². The molecule has 0 spiro atoms. The molecule has 1 aliphatic rings. The van der Waals surface area contributed by atoms with Crippen LogP contribution in [0.1, 0.15) is 23.2 Å². The third kappa shape index (κ3) is 5.61. The number of hydrogen-bond donors (Lipinski definition) is 1. The topological polar surface area (TPSA) is 90.7 Å². The Balaban J connectivity index is 2.04. The second-order valence-electron chi connectivity index (χ2n) is 7.98. The molecule has 0 radical (unpaired) electrons. The SMILES string of the molecule is COC(CN1CCC(Nc2nc(C)cc(C(F)(F)F)c2C#N)C(=O)N(C)c2cccc(Cl)c21)OC. The van der Waals surface area contributed by atoms with Crippen LogP contribution in [-0.4, -0.2) is 57.6 Å². The van der Waals surface area contributed by atoms with Crippen molar-refractivity contribution in [3.63, 3.8) is 0 Å². The van der Waals surface area contributed by atoms with E-state index < -0.39 is 35.5 Å². The van der Waals surface area contributed by atoms with Gasteiger partial charge in [0.1, 0.15) is 23.5 Å². The molecule has 0 saturated heterocycles. The molecule has 1 unspecified atom stereocenters. The number of carbonyl (C=O) groups excluding carboxylic acids is 1. The molecule has 1 aliphatic heterocycles.